The number of anilines is 2. The van der Waals surface area contributed by atoms with Crippen molar-refractivity contribution in [3.63, 3.8) is 0 Å². The molecule has 0 spiro atoms. The summed E-state index contributed by atoms with van der Waals surface area (Å²) in [5.74, 6) is 0.439. The molecule has 0 aliphatic rings. The van der Waals surface area contributed by atoms with Crippen LogP contribution in [0, 0.1) is 6.92 Å². The molecule has 0 bridgehead atoms. The number of carboxylic acids is 1. The van der Waals surface area contributed by atoms with Gasteiger partial charge in [0.1, 0.15) is 0 Å². The molecular formula is C20H23N5O2. The SMILES string of the molecule is CNc1nn(NC)c(NC)c1-c1cc(-c2ccccc2)cc(C(=O)O)c1C. The van der Waals surface area contributed by atoms with Crippen molar-refractivity contribution < 1.29 is 9.90 Å². The third-order valence-electron chi connectivity index (χ3n) is 4.59. The average Bonchev–Trinajstić information content (AvgIpc) is 3.06. The first-order valence-corrected chi connectivity index (χ1v) is 8.61. The van der Waals surface area contributed by atoms with Gasteiger partial charge in [0.15, 0.2) is 11.6 Å². The van der Waals surface area contributed by atoms with Crippen molar-refractivity contribution >= 4 is 17.6 Å². The van der Waals surface area contributed by atoms with Crippen LogP contribution in [-0.2, 0) is 0 Å². The van der Waals surface area contributed by atoms with Crippen molar-refractivity contribution in [2.24, 2.45) is 0 Å². The number of nitrogens with zero attached hydrogens (tertiary/aromatic N) is 2. The summed E-state index contributed by atoms with van der Waals surface area (Å²) in [5.41, 5.74) is 7.38. The number of benzene rings is 2. The first-order valence-electron chi connectivity index (χ1n) is 8.61. The molecule has 3 aromatic rings. The Morgan fingerprint density at radius 2 is 1.74 bits per heavy atom. The number of aromatic nitrogens is 2. The van der Waals surface area contributed by atoms with Crippen LogP contribution < -0.4 is 16.1 Å². The summed E-state index contributed by atoms with van der Waals surface area (Å²) in [5, 5.41) is 20.5. The molecule has 0 amide bonds. The lowest BCUT2D eigenvalue weighted by Crippen LogP contribution is -2.13. The number of carbonyl (C=O) groups is 1. The van der Waals surface area contributed by atoms with Gasteiger partial charge in [0.05, 0.1) is 11.1 Å². The van der Waals surface area contributed by atoms with E-state index in [-0.39, 0.29) is 5.56 Å². The molecule has 4 N–H and O–H groups in total. The van der Waals surface area contributed by atoms with Crippen molar-refractivity contribution in [2.75, 3.05) is 37.2 Å². The summed E-state index contributed by atoms with van der Waals surface area (Å²) in [6.07, 6.45) is 0. The molecule has 0 atom stereocenters. The maximum Gasteiger partial charge on any atom is 0.335 e. The van der Waals surface area contributed by atoms with E-state index in [2.05, 4.69) is 21.2 Å². The molecule has 1 heterocycles. The summed E-state index contributed by atoms with van der Waals surface area (Å²) >= 11 is 0. The first-order chi connectivity index (χ1) is 13.0. The van der Waals surface area contributed by atoms with Gasteiger partial charge in [-0.25, -0.2) is 4.79 Å². The minimum Gasteiger partial charge on any atom is -0.478 e. The predicted molar refractivity (Wildman–Crippen MR) is 109 cm³/mol. The van der Waals surface area contributed by atoms with Gasteiger partial charge < -0.3 is 21.2 Å². The highest BCUT2D eigenvalue weighted by Gasteiger charge is 2.23. The predicted octanol–water partition coefficient (Wildman–Crippen LogP) is 3.48. The monoisotopic (exact) mass is 365 g/mol. The van der Waals surface area contributed by atoms with Crippen LogP contribution in [0.3, 0.4) is 0 Å². The van der Waals surface area contributed by atoms with E-state index in [1.807, 2.05) is 50.4 Å². The Bertz CT molecular complexity index is 980. The van der Waals surface area contributed by atoms with Crippen LogP contribution in [0.5, 0.6) is 0 Å². The lowest BCUT2D eigenvalue weighted by molar-refractivity contribution is 0.0696. The average molecular weight is 365 g/mol. The number of hydrogen-bond acceptors (Lipinski definition) is 5. The van der Waals surface area contributed by atoms with Crippen LogP contribution in [0.15, 0.2) is 42.5 Å². The molecule has 27 heavy (non-hydrogen) atoms. The number of nitrogens with one attached hydrogen (secondary N) is 3. The van der Waals surface area contributed by atoms with Gasteiger partial charge in [-0.05, 0) is 41.3 Å². The Morgan fingerprint density at radius 3 is 2.30 bits per heavy atom. The summed E-state index contributed by atoms with van der Waals surface area (Å²) in [6, 6.07) is 13.5. The van der Waals surface area contributed by atoms with Crippen molar-refractivity contribution in [1.82, 2.24) is 9.89 Å². The van der Waals surface area contributed by atoms with Crippen LogP contribution in [0.2, 0.25) is 0 Å². The molecule has 3 rings (SSSR count). The number of aromatic carboxylic acids is 1. The molecule has 1 aromatic heterocycles. The maximum absolute atomic E-state index is 11.9. The van der Waals surface area contributed by atoms with E-state index in [0.717, 1.165) is 28.1 Å². The highest BCUT2D eigenvalue weighted by Crippen LogP contribution is 2.39. The van der Waals surface area contributed by atoms with E-state index in [0.29, 0.717) is 11.4 Å². The molecular weight excluding hydrogens is 342 g/mol. The Balaban J connectivity index is 2.35. The summed E-state index contributed by atoms with van der Waals surface area (Å²) < 4.78 is 0. The van der Waals surface area contributed by atoms with Crippen LogP contribution >= 0.6 is 0 Å². The van der Waals surface area contributed by atoms with E-state index in [4.69, 9.17) is 0 Å². The molecule has 0 aliphatic heterocycles. The highest BCUT2D eigenvalue weighted by molar-refractivity contribution is 5.97. The van der Waals surface area contributed by atoms with E-state index in [1.165, 1.54) is 0 Å². The van der Waals surface area contributed by atoms with Gasteiger partial charge in [0.25, 0.3) is 0 Å². The van der Waals surface area contributed by atoms with E-state index < -0.39 is 5.97 Å². The normalized spacial score (nSPS) is 10.5. The van der Waals surface area contributed by atoms with Crippen LogP contribution in [0.25, 0.3) is 22.3 Å². The Labute approximate surface area is 158 Å². The third kappa shape index (κ3) is 3.19. The molecule has 7 heteroatoms. The second-order valence-electron chi connectivity index (χ2n) is 6.08. The van der Waals surface area contributed by atoms with Crippen molar-refractivity contribution in [1.29, 1.82) is 0 Å². The number of rotatable bonds is 6. The van der Waals surface area contributed by atoms with Gasteiger partial charge in [-0.2, -0.15) is 4.79 Å². The molecule has 0 unspecified atom stereocenters. The first kappa shape index (κ1) is 18.3. The molecule has 7 nitrogen and oxygen atoms in total. The molecule has 140 valence electrons. The Hall–Kier alpha value is -3.48. The quantitative estimate of drug-likeness (QED) is 0.535. The zero-order chi connectivity index (χ0) is 19.6. The highest BCUT2D eigenvalue weighted by atomic mass is 16.4. The standard InChI is InChI=1S/C20H23N5O2/c1-12-15(17-18(21-2)24-25(23-4)19(17)22-3)10-14(11-16(12)20(26)27)13-8-6-5-7-9-13/h5-11,22-23H,1-4H3,(H,21,24)(H,26,27). The van der Waals surface area contributed by atoms with Crippen molar-refractivity contribution in [3.8, 4) is 22.3 Å². The molecule has 0 saturated heterocycles. The molecule has 0 aliphatic carbocycles. The Kier molecular flexibility index (Phi) is 5.03. The van der Waals surface area contributed by atoms with Crippen LogP contribution in [0.1, 0.15) is 15.9 Å². The number of hydrogen-bond donors (Lipinski definition) is 4. The molecule has 0 fully saturated rings. The third-order valence-corrected chi connectivity index (χ3v) is 4.59. The van der Waals surface area contributed by atoms with Gasteiger partial charge in [0, 0.05) is 21.1 Å². The van der Waals surface area contributed by atoms with Gasteiger partial charge >= 0.3 is 5.97 Å². The maximum atomic E-state index is 11.9. The van der Waals surface area contributed by atoms with E-state index >= 15 is 0 Å². The fraction of sp³-hybridized carbons (Fsp3) is 0.200. The summed E-state index contributed by atoms with van der Waals surface area (Å²) in [4.78, 5) is 13.5. The minimum atomic E-state index is -0.954. The number of carboxylic acid groups (broad SMARTS) is 1. The minimum absolute atomic E-state index is 0.271. The second-order valence-corrected chi connectivity index (χ2v) is 6.08. The van der Waals surface area contributed by atoms with E-state index in [9.17, 15) is 9.90 Å². The smallest absolute Gasteiger partial charge is 0.335 e. The Morgan fingerprint density at radius 1 is 1.04 bits per heavy atom. The summed E-state index contributed by atoms with van der Waals surface area (Å²) in [7, 11) is 5.37. The summed E-state index contributed by atoms with van der Waals surface area (Å²) in [6.45, 7) is 1.82. The van der Waals surface area contributed by atoms with Gasteiger partial charge in [-0.15, -0.1) is 5.10 Å². The van der Waals surface area contributed by atoms with Crippen LogP contribution in [-0.4, -0.2) is 42.1 Å². The van der Waals surface area contributed by atoms with Gasteiger partial charge in [-0.3, -0.25) is 0 Å². The molecule has 2 aromatic carbocycles. The second kappa shape index (κ2) is 7.41. The molecule has 0 saturated carbocycles. The fourth-order valence-corrected chi connectivity index (χ4v) is 3.23. The lowest BCUT2D eigenvalue weighted by atomic mass is 9.91. The van der Waals surface area contributed by atoms with Crippen LogP contribution in [0.4, 0.5) is 11.6 Å². The molecule has 0 radical (unpaired) electrons. The van der Waals surface area contributed by atoms with Gasteiger partial charge in [-0.1, -0.05) is 30.3 Å². The van der Waals surface area contributed by atoms with Gasteiger partial charge in [0.2, 0.25) is 0 Å². The lowest BCUT2D eigenvalue weighted by Gasteiger charge is -2.15. The zero-order valence-electron chi connectivity index (χ0n) is 15.8. The van der Waals surface area contributed by atoms with E-state index in [1.54, 1.807) is 25.0 Å². The zero-order valence-corrected chi connectivity index (χ0v) is 15.8. The van der Waals surface area contributed by atoms with Crippen molar-refractivity contribution in [2.45, 2.75) is 6.92 Å². The topological polar surface area (TPSA) is 91.2 Å². The van der Waals surface area contributed by atoms with Crippen molar-refractivity contribution in [3.05, 3.63) is 53.6 Å². The fourth-order valence-electron chi connectivity index (χ4n) is 3.23. The largest absolute Gasteiger partial charge is 0.478 e.